The topological polar surface area (TPSA) is 69.9 Å². The van der Waals surface area contributed by atoms with Crippen molar-refractivity contribution < 1.29 is 15.0 Å². The van der Waals surface area contributed by atoms with Crippen LogP contribution in [0.1, 0.15) is 80.3 Å². The lowest BCUT2D eigenvalue weighted by atomic mass is 9.65. The zero-order valence-corrected chi connectivity index (χ0v) is 18.1. The first-order chi connectivity index (χ1) is 14.2. The minimum atomic E-state index is -0.929. The lowest BCUT2D eigenvalue weighted by Crippen LogP contribution is -2.29. The van der Waals surface area contributed by atoms with Crippen molar-refractivity contribution >= 4 is 17.4 Å². The van der Waals surface area contributed by atoms with Crippen LogP contribution in [0.5, 0.6) is 5.75 Å². The number of phenolic OH excluding ortho intramolecular Hbond substituents is 1. The molecule has 2 aromatic rings. The molecule has 4 heteroatoms. The molecule has 2 aromatic carbocycles. The summed E-state index contributed by atoms with van der Waals surface area (Å²) in [7, 11) is 0. The summed E-state index contributed by atoms with van der Waals surface area (Å²) in [6.45, 7) is 7.01. The third kappa shape index (κ3) is 4.14. The van der Waals surface area contributed by atoms with E-state index in [0.29, 0.717) is 23.2 Å². The molecule has 0 bridgehead atoms. The summed E-state index contributed by atoms with van der Waals surface area (Å²) in [5.41, 5.74) is 4.58. The highest BCUT2D eigenvalue weighted by atomic mass is 16.4. The van der Waals surface area contributed by atoms with Gasteiger partial charge >= 0.3 is 5.97 Å². The molecular formula is C26H31NO3. The number of rotatable bonds is 3. The summed E-state index contributed by atoms with van der Waals surface area (Å²) < 4.78 is 0. The van der Waals surface area contributed by atoms with E-state index in [4.69, 9.17) is 4.99 Å². The average Bonchev–Trinajstić information content (AvgIpc) is 2.85. The fraction of sp³-hybridized carbons (Fsp3) is 0.462. The number of carbonyl (C=O) groups is 1. The number of hydrogen-bond donors (Lipinski definition) is 2. The Labute approximate surface area is 178 Å². The third-order valence-corrected chi connectivity index (χ3v) is 7.28. The van der Waals surface area contributed by atoms with Crippen LogP contribution in [-0.4, -0.2) is 21.9 Å². The van der Waals surface area contributed by atoms with E-state index in [0.717, 1.165) is 28.9 Å². The number of phenols is 1. The number of aromatic hydroxyl groups is 1. The molecule has 158 valence electrons. The van der Waals surface area contributed by atoms with Gasteiger partial charge in [0.05, 0.1) is 11.3 Å². The molecule has 0 saturated heterocycles. The maximum absolute atomic E-state index is 11.5. The first kappa shape index (κ1) is 20.6. The number of carboxylic acids is 1. The van der Waals surface area contributed by atoms with E-state index in [2.05, 4.69) is 20.8 Å². The van der Waals surface area contributed by atoms with Gasteiger partial charge in [-0.15, -0.1) is 0 Å². The van der Waals surface area contributed by atoms with Crippen LogP contribution in [0.15, 0.2) is 47.5 Å². The summed E-state index contributed by atoms with van der Waals surface area (Å²) >= 11 is 0. The zero-order chi connectivity index (χ0) is 21.5. The van der Waals surface area contributed by atoms with Crippen LogP contribution in [0, 0.1) is 17.3 Å². The first-order valence-electron chi connectivity index (χ1n) is 11.0. The Hall–Kier alpha value is -2.62. The van der Waals surface area contributed by atoms with E-state index in [1.165, 1.54) is 25.7 Å². The van der Waals surface area contributed by atoms with Gasteiger partial charge in [-0.1, -0.05) is 26.8 Å². The van der Waals surface area contributed by atoms with Gasteiger partial charge in [-0.3, -0.25) is 4.99 Å². The molecule has 4 nitrogen and oxygen atoms in total. The van der Waals surface area contributed by atoms with Gasteiger partial charge in [0.2, 0.25) is 0 Å². The summed E-state index contributed by atoms with van der Waals surface area (Å²) in [6, 6.07) is 12.6. The molecule has 30 heavy (non-hydrogen) atoms. The van der Waals surface area contributed by atoms with E-state index < -0.39 is 5.97 Å². The second kappa shape index (κ2) is 7.90. The van der Waals surface area contributed by atoms with Crippen molar-refractivity contribution in [2.24, 2.45) is 22.2 Å². The van der Waals surface area contributed by atoms with Crippen molar-refractivity contribution in [1.29, 1.82) is 0 Å². The number of benzene rings is 2. The third-order valence-electron chi connectivity index (χ3n) is 7.28. The Morgan fingerprint density at radius 3 is 2.37 bits per heavy atom. The van der Waals surface area contributed by atoms with Gasteiger partial charge in [-0.05, 0) is 103 Å². The van der Waals surface area contributed by atoms with E-state index in [1.807, 2.05) is 18.2 Å². The molecule has 1 saturated carbocycles. The Bertz CT molecular complexity index is 964. The molecule has 1 aliphatic carbocycles. The second-order valence-corrected chi connectivity index (χ2v) is 9.84. The number of fused-ring (bicyclic) bond motifs is 1. The van der Waals surface area contributed by atoms with Gasteiger partial charge in [0.1, 0.15) is 5.75 Å². The highest BCUT2D eigenvalue weighted by molar-refractivity contribution is 6.03. The van der Waals surface area contributed by atoms with Crippen molar-refractivity contribution in [1.82, 2.24) is 0 Å². The molecule has 2 unspecified atom stereocenters. The van der Waals surface area contributed by atoms with Crippen LogP contribution in [-0.2, 0) is 0 Å². The lowest BCUT2D eigenvalue weighted by Gasteiger charge is -2.40. The molecule has 4 rings (SSSR count). The maximum atomic E-state index is 11.5. The van der Waals surface area contributed by atoms with E-state index >= 15 is 0 Å². The molecule has 1 fully saturated rings. The highest BCUT2D eigenvalue weighted by Gasteiger charge is 2.37. The van der Waals surface area contributed by atoms with E-state index in [9.17, 15) is 15.0 Å². The number of nitrogens with zero attached hydrogens (tertiary/aromatic N) is 1. The van der Waals surface area contributed by atoms with Gasteiger partial charge in [0, 0.05) is 5.71 Å². The molecule has 2 N–H and O–H groups in total. The average molecular weight is 406 g/mol. The van der Waals surface area contributed by atoms with Gasteiger partial charge < -0.3 is 10.2 Å². The largest absolute Gasteiger partial charge is 0.508 e. The first-order valence-corrected chi connectivity index (χ1v) is 11.0. The smallest absolute Gasteiger partial charge is 0.335 e. The van der Waals surface area contributed by atoms with Crippen molar-refractivity contribution in [3.8, 4) is 5.75 Å². The molecule has 1 aliphatic heterocycles. The van der Waals surface area contributed by atoms with Gasteiger partial charge in [0.15, 0.2) is 0 Å². The van der Waals surface area contributed by atoms with Crippen LogP contribution < -0.4 is 0 Å². The quantitative estimate of drug-likeness (QED) is 0.608. The number of hydrogen-bond acceptors (Lipinski definition) is 3. The molecule has 0 aromatic heterocycles. The Morgan fingerprint density at radius 2 is 1.73 bits per heavy atom. The Kier molecular flexibility index (Phi) is 5.44. The summed E-state index contributed by atoms with van der Waals surface area (Å²) in [5, 5.41) is 19.2. The standard InChI is InChI=1S/C26H31NO3/c1-16-21-9-6-19(25(29)30)14-24(21)27-23(18-4-7-20(28)8-5-18)15-22(16)17-10-12-26(2,3)13-11-17/h4-9,14,16-17,22,28H,10-13,15H2,1-3H3,(H,29,30). The monoisotopic (exact) mass is 405 g/mol. The molecule has 0 radical (unpaired) electrons. The molecule has 2 aliphatic rings. The van der Waals surface area contributed by atoms with E-state index in [-0.39, 0.29) is 11.3 Å². The minimum Gasteiger partial charge on any atom is -0.508 e. The van der Waals surface area contributed by atoms with Crippen LogP contribution in [0.3, 0.4) is 0 Å². The molecule has 0 spiro atoms. The Balaban J connectivity index is 1.76. The molecular weight excluding hydrogens is 374 g/mol. The minimum absolute atomic E-state index is 0.237. The van der Waals surface area contributed by atoms with Crippen molar-refractivity contribution in [2.45, 2.75) is 58.8 Å². The van der Waals surface area contributed by atoms with Crippen LogP contribution >= 0.6 is 0 Å². The number of carboxylic acid groups (broad SMARTS) is 1. The van der Waals surface area contributed by atoms with Crippen LogP contribution in [0.25, 0.3) is 0 Å². The summed E-state index contributed by atoms with van der Waals surface area (Å²) in [6.07, 6.45) is 5.82. The fourth-order valence-electron chi connectivity index (χ4n) is 5.24. The van der Waals surface area contributed by atoms with Gasteiger partial charge in [-0.2, -0.15) is 0 Å². The maximum Gasteiger partial charge on any atom is 0.335 e. The van der Waals surface area contributed by atoms with E-state index in [1.54, 1.807) is 24.3 Å². The molecule has 2 atom stereocenters. The molecule has 0 amide bonds. The second-order valence-electron chi connectivity index (χ2n) is 9.84. The van der Waals surface area contributed by atoms with Crippen molar-refractivity contribution in [3.63, 3.8) is 0 Å². The summed E-state index contributed by atoms with van der Waals surface area (Å²) in [5.74, 6) is 0.724. The van der Waals surface area contributed by atoms with Gasteiger partial charge in [-0.25, -0.2) is 4.79 Å². The zero-order valence-electron chi connectivity index (χ0n) is 18.1. The summed E-state index contributed by atoms with van der Waals surface area (Å²) in [4.78, 5) is 16.5. The van der Waals surface area contributed by atoms with Crippen LogP contribution in [0.4, 0.5) is 5.69 Å². The number of aromatic carboxylic acids is 1. The predicted molar refractivity (Wildman–Crippen MR) is 120 cm³/mol. The van der Waals surface area contributed by atoms with Crippen molar-refractivity contribution in [2.75, 3.05) is 0 Å². The lowest BCUT2D eigenvalue weighted by molar-refractivity contribution is 0.0697. The number of aliphatic imine (C=N–C) groups is 1. The normalized spacial score (nSPS) is 23.9. The van der Waals surface area contributed by atoms with Gasteiger partial charge in [0.25, 0.3) is 0 Å². The Morgan fingerprint density at radius 1 is 1.07 bits per heavy atom. The SMILES string of the molecule is CC1c2ccc(C(=O)O)cc2N=C(c2ccc(O)cc2)CC1C1CCC(C)(C)CC1. The van der Waals surface area contributed by atoms with Crippen LogP contribution in [0.2, 0.25) is 0 Å². The molecule has 1 heterocycles. The predicted octanol–water partition coefficient (Wildman–Crippen LogP) is 6.55. The van der Waals surface area contributed by atoms with Crippen molar-refractivity contribution in [3.05, 3.63) is 59.2 Å². The fourth-order valence-corrected chi connectivity index (χ4v) is 5.24. The highest BCUT2D eigenvalue weighted by Crippen LogP contribution is 2.48.